The van der Waals surface area contributed by atoms with E-state index in [4.69, 9.17) is 9.15 Å². The average molecular weight is 567 g/mol. The summed E-state index contributed by atoms with van der Waals surface area (Å²) in [5.74, 6) is 0.759. The van der Waals surface area contributed by atoms with E-state index < -0.39 is 6.23 Å². The van der Waals surface area contributed by atoms with E-state index in [9.17, 15) is 9.90 Å². The minimum Gasteiger partial charge on any atom is -0.460 e. The van der Waals surface area contributed by atoms with Crippen LogP contribution in [-0.4, -0.2) is 68.1 Å². The number of nitrogens with one attached hydrogen (secondary N) is 2. The molecule has 1 amide bonds. The number of ether oxygens (including phenoxy) is 1. The van der Waals surface area contributed by atoms with Crippen LogP contribution in [0.15, 0.2) is 39.5 Å². The number of furan rings is 1. The number of fused-ring (bicyclic) bond motifs is 1. The van der Waals surface area contributed by atoms with Gasteiger partial charge in [0, 0.05) is 61.3 Å². The van der Waals surface area contributed by atoms with Crippen LogP contribution in [0.25, 0.3) is 11.0 Å². The summed E-state index contributed by atoms with van der Waals surface area (Å²) in [5, 5.41) is 17.8. The largest absolute Gasteiger partial charge is 0.460 e. The Morgan fingerprint density at radius 1 is 1.22 bits per heavy atom. The summed E-state index contributed by atoms with van der Waals surface area (Å²) in [7, 11) is 1.73. The standard InChI is InChI=1S/C33H50N4O4/c1-7-24-17-22(4)35-32(38)28(24)20-34-33(39)31-26(8-2)29(37(9-3)23(5)13-16-40-6)19-30-27(31)18-25(41-30)21-36-14-11-10-12-15-36/h17-19,23,32,35,38H,7-16,20-21H2,1-6H3,(H,34,39). The van der Waals surface area contributed by atoms with Crippen LogP contribution in [0.4, 0.5) is 5.69 Å². The van der Waals surface area contributed by atoms with Gasteiger partial charge < -0.3 is 29.8 Å². The number of amides is 1. The van der Waals surface area contributed by atoms with Crippen LogP contribution in [0.2, 0.25) is 0 Å². The topological polar surface area (TPSA) is 90.2 Å². The minimum atomic E-state index is -0.811. The molecule has 1 aromatic carbocycles. The highest BCUT2D eigenvalue weighted by Gasteiger charge is 2.27. The molecule has 1 aromatic heterocycles. The number of aliphatic hydroxyl groups excluding tert-OH is 1. The van der Waals surface area contributed by atoms with Crippen molar-refractivity contribution in [1.29, 1.82) is 0 Å². The van der Waals surface area contributed by atoms with E-state index in [0.29, 0.717) is 18.6 Å². The first-order valence-electron chi connectivity index (χ1n) is 15.5. The number of rotatable bonds is 13. The zero-order valence-electron chi connectivity index (χ0n) is 25.9. The molecule has 2 aliphatic rings. The van der Waals surface area contributed by atoms with Crippen LogP contribution in [0.3, 0.4) is 0 Å². The van der Waals surface area contributed by atoms with Crippen LogP contribution in [0, 0.1) is 0 Å². The Bertz CT molecular complexity index is 1260. The number of benzene rings is 1. The van der Waals surface area contributed by atoms with Crippen molar-refractivity contribution in [3.8, 4) is 0 Å². The number of hydrogen-bond acceptors (Lipinski definition) is 7. The molecule has 1 saturated heterocycles. The Kier molecular flexibility index (Phi) is 10.9. The van der Waals surface area contributed by atoms with Crippen LogP contribution in [0.5, 0.6) is 0 Å². The maximum absolute atomic E-state index is 14.1. The summed E-state index contributed by atoms with van der Waals surface area (Å²) in [6.07, 6.45) is 7.34. The predicted octanol–water partition coefficient (Wildman–Crippen LogP) is 5.49. The number of dihydropyridines is 1. The normalized spacial score (nSPS) is 18.8. The lowest BCUT2D eigenvalue weighted by Crippen LogP contribution is -2.39. The van der Waals surface area contributed by atoms with E-state index in [0.717, 1.165) is 83.8 Å². The van der Waals surface area contributed by atoms with Crippen LogP contribution < -0.4 is 15.5 Å². The molecule has 0 aliphatic carbocycles. The Morgan fingerprint density at radius 2 is 1.98 bits per heavy atom. The number of hydrogen-bond donors (Lipinski definition) is 3. The number of allylic oxidation sites excluding steroid dienone is 3. The second kappa shape index (κ2) is 14.4. The molecule has 2 aromatic rings. The maximum atomic E-state index is 14.1. The molecule has 2 atom stereocenters. The number of anilines is 1. The number of nitrogens with zero attached hydrogens (tertiary/aromatic N) is 2. The Morgan fingerprint density at radius 3 is 2.63 bits per heavy atom. The fraction of sp³-hybridized carbons (Fsp3) is 0.606. The van der Waals surface area contributed by atoms with Gasteiger partial charge in [0.2, 0.25) is 0 Å². The third-order valence-electron chi connectivity index (χ3n) is 8.61. The smallest absolute Gasteiger partial charge is 0.252 e. The van der Waals surface area contributed by atoms with Gasteiger partial charge in [0.1, 0.15) is 17.6 Å². The van der Waals surface area contributed by atoms with Gasteiger partial charge in [-0.25, -0.2) is 0 Å². The van der Waals surface area contributed by atoms with Gasteiger partial charge in [-0.1, -0.05) is 20.3 Å². The molecule has 1 fully saturated rings. The molecular formula is C33H50N4O4. The van der Waals surface area contributed by atoms with Crippen molar-refractivity contribution in [3.63, 3.8) is 0 Å². The van der Waals surface area contributed by atoms with Crippen molar-refractivity contribution >= 4 is 22.6 Å². The van der Waals surface area contributed by atoms with Gasteiger partial charge in [-0.3, -0.25) is 9.69 Å². The quantitative estimate of drug-likeness (QED) is 0.295. The van der Waals surface area contributed by atoms with E-state index >= 15 is 0 Å². The zero-order valence-corrected chi connectivity index (χ0v) is 25.9. The third-order valence-corrected chi connectivity index (χ3v) is 8.61. The first-order valence-corrected chi connectivity index (χ1v) is 15.5. The van der Waals surface area contributed by atoms with Crippen LogP contribution in [-0.2, 0) is 17.7 Å². The summed E-state index contributed by atoms with van der Waals surface area (Å²) in [6, 6.07) is 4.45. The third kappa shape index (κ3) is 7.16. The highest BCUT2D eigenvalue weighted by atomic mass is 16.5. The summed E-state index contributed by atoms with van der Waals surface area (Å²) in [4.78, 5) is 18.9. The van der Waals surface area contributed by atoms with Gasteiger partial charge in [0.05, 0.1) is 12.1 Å². The molecule has 0 bridgehead atoms. The van der Waals surface area contributed by atoms with Crippen LogP contribution in [0.1, 0.15) is 88.4 Å². The first-order chi connectivity index (χ1) is 19.8. The summed E-state index contributed by atoms with van der Waals surface area (Å²) < 4.78 is 11.9. The highest BCUT2D eigenvalue weighted by molar-refractivity contribution is 6.09. The van der Waals surface area contributed by atoms with Crippen molar-refractivity contribution in [1.82, 2.24) is 15.5 Å². The lowest BCUT2D eigenvalue weighted by molar-refractivity contribution is 0.0953. The van der Waals surface area contributed by atoms with Crippen molar-refractivity contribution in [2.45, 2.75) is 92.0 Å². The monoisotopic (exact) mass is 566 g/mol. The molecule has 8 heteroatoms. The number of carbonyl (C=O) groups is 1. The molecule has 3 heterocycles. The summed E-state index contributed by atoms with van der Waals surface area (Å²) in [6.45, 7) is 15.2. The Balaban J connectivity index is 1.75. The van der Waals surface area contributed by atoms with Gasteiger partial charge in [0.15, 0.2) is 0 Å². The second-order valence-electron chi connectivity index (χ2n) is 11.4. The zero-order chi connectivity index (χ0) is 29.5. The van der Waals surface area contributed by atoms with Crippen molar-refractivity contribution in [2.24, 2.45) is 0 Å². The first kappa shape index (κ1) is 31.1. The maximum Gasteiger partial charge on any atom is 0.252 e. The van der Waals surface area contributed by atoms with Crippen LogP contribution >= 0.6 is 0 Å². The Labute approximate surface area is 245 Å². The van der Waals surface area contributed by atoms with E-state index in [1.807, 2.05) is 13.0 Å². The lowest BCUT2D eigenvalue weighted by Gasteiger charge is -2.33. The number of carbonyl (C=O) groups excluding carboxylic acids is 1. The average Bonchev–Trinajstić information content (AvgIpc) is 3.36. The fourth-order valence-electron chi connectivity index (χ4n) is 6.39. The minimum absolute atomic E-state index is 0.138. The van der Waals surface area contributed by atoms with E-state index in [-0.39, 0.29) is 18.5 Å². The molecule has 2 unspecified atom stereocenters. The number of aliphatic hydroxyl groups is 1. The van der Waals surface area contributed by atoms with Gasteiger partial charge in [-0.15, -0.1) is 0 Å². The molecule has 3 N–H and O–H groups in total. The summed E-state index contributed by atoms with van der Waals surface area (Å²) in [5.41, 5.74) is 6.27. The molecule has 0 spiro atoms. The van der Waals surface area contributed by atoms with Gasteiger partial charge in [0.25, 0.3) is 5.91 Å². The molecule has 8 nitrogen and oxygen atoms in total. The Hall–Kier alpha value is -2.81. The molecule has 2 aliphatic heterocycles. The highest BCUT2D eigenvalue weighted by Crippen LogP contribution is 2.36. The number of likely N-dealkylation sites (tertiary alicyclic amines) is 1. The van der Waals surface area contributed by atoms with E-state index in [2.05, 4.69) is 60.3 Å². The lowest BCUT2D eigenvalue weighted by atomic mass is 9.95. The SMILES string of the molecule is CCC1=C(CNC(=O)c2c(CC)c(N(CC)C(C)CCOC)cc3oc(CN4CCCCC4)cc23)C(O)NC(C)=C1. The number of piperidine rings is 1. The predicted molar refractivity (Wildman–Crippen MR) is 166 cm³/mol. The van der Waals surface area contributed by atoms with Gasteiger partial charge >= 0.3 is 0 Å². The molecule has 0 saturated carbocycles. The van der Waals surface area contributed by atoms with Crippen molar-refractivity contribution in [2.75, 3.05) is 44.8 Å². The van der Waals surface area contributed by atoms with E-state index in [1.54, 1.807) is 7.11 Å². The molecular weight excluding hydrogens is 516 g/mol. The van der Waals surface area contributed by atoms with E-state index in [1.165, 1.54) is 19.3 Å². The molecule has 0 radical (unpaired) electrons. The molecule has 4 rings (SSSR count). The fourth-order valence-corrected chi connectivity index (χ4v) is 6.39. The van der Waals surface area contributed by atoms with Crippen molar-refractivity contribution < 1.29 is 19.1 Å². The van der Waals surface area contributed by atoms with Crippen molar-refractivity contribution in [3.05, 3.63) is 51.9 Å². The second-order valence-corrected chi connectivity index (χ2v) is 11.4. The molecule has 226 valence electrons. The molecule has 41 heavy (non-hydrogen) atoms. The van der Waals surface area contributed by atoms with Gasteiger partial charge in [-0.05, 0) is 89.2 Å². The summed E-state index contributed by atoms with van der Waals surface area (Å²) >= 11 is 0. The van der Waals surface area contributed by atoms with Gasteiger partial charge in [-0.2, -0.15) is 0 Å². The number of methoxy groups -OCH3 is 1.